The molecule has 72 valence electrons. The van der Waals surface area contributed by atoms with Crippen LogP contribution in [0.2, 0.25) is 0 Å². The monoisotopic (exact) mass is 193 g/mol. The Hall–Kier alpha value is -2.04. The van der Waals surface area contributed by atoms with Gasteiger partial charge >= 0.3 is 0 Å². The summed E-state index contributed by atoms with van der Waals surface area (Å²) in [7, 11) is 0. The summed E-state index contributed by atoms with van der Waals surface area (Å²) in [6.07, 6.45) is 2.28. The van der Waals surface area contributed by atoms with Crippen LogP contribution >= 0.6 is 0 Å². The Kier molecular flexibility index (Phi) is 2.06. The highest BCUT2D eigenvalue weighted by Crippen LogP contribution is 2.25. The van der Waals surface area contributed by atoms with E-state index in [0.717, 1.165) is 5.56 Å². The summed E-state index contributed by atoms with van der Waals surface area (Å²) in [5.41, 5.74) is 0.885. The molecule has 0 N–H and O–H groups in total. The van der Waals surface area contributed by atoms with E-state index >= 15 is 0 Å². The van der Waals surface area contributed by atoms with Crippen LogP contribution in [-0.2, 0) is 4.84 Å². The van der Waals surface area contributed by atoms with Crippen molar-refractivity contribution in [1.29, 1.82) is 0 Å². The van der Waals surface area contributed by atoms with E-state index in [4.69, 9.17) is 4.74 Å². The molecule has 1 aliphatic rings. The van der Waals surface area contributed by atoms with Gasteiger partial charge in [-0.3, -0.25) is 4.84 Å². The zero-order chi connectivity index (χ0) is 9.97. The van der Waals surface area contributed by atoms with Crippen molar-refractivity contribution in [2.24, 2.45) is 0 Å². The molecule has 0 aliphatic carbocycles. The third-order valence-electron chi connectivity index (χ3n) is 1.79. The molecule has 0 saturated heterocycles. The van der Waals surface area contributed by atoms with Crippen molar-refractivity contribution in [2.45, 2.75) is 6.29 Å². The maximum atomic E-state index is 10.0. The Balaban J connectivity index is 2.17. The van der Waals surface area contributed by atoms with Gasteiger partial charge < -0.3 is 4.74 Å². The Labute approximate surface area is 79.7 Å². The molecule has 1 aromatic carbocycles. The van der Waals surface area contributed by atoms with Crippen LogP contribution in [-0.4, -0.2) is 11.4 Å². The Morgan fingerprint density at radius 1 is 1.43 bits per heavy atom. The maximum Gasteiger partial charge on any atom is 0.298 e. The average Bonchev–Trinajstić information content (AvgIpc) is 2.17. The first-order chi connectivity index (χ1) is 6.75. The molecule has 0 aromatic heterocycles. The van der Waals surface area contributed by atoms with E-state index in [2.05, 4.69) is 4.84 Å². The smallest absolute Gasteiger partial charge is 0.298 e. The molecule has 14 heavy (non-hydrogen) atoms. The molecule has 0 radical (unpaired) electrons. The molecule has 1 atom stereocenters. The van der Waals surface area contributed by atoms with Crippen molar-refractivity contribution in [3.8, 4) is 5.75 Å². The molecule has 1 heterocycles. The summed E-state index contributed by atoms with van der Waals surface area (Å²) in [6.45, 7) is 0. The number of para-hydroxylation sites is 1. The second-order valence-corrected chi connectivity index (χ2v) is 2.71. The van der Waals surface area contributed by atoms with Gasteiger partial charge in [0, 0.05) is 5.56 Å². The van der Waals surface area contributed by atoms with Crippen molar-refractivity contribution in [3.05, 3.63) is 46.0 Å². The van der Waals surface area contributed by atoms with Gasteiger partial charge in [0.25, 0.3) is 11.4 Å². The standard InChI is InChI=1S/C9H7NO4/c11-10(12)14-9-6-5-7-3-1-2-4-8(7)13-9/h1-6,9H. The van der Waals surface area contributed by atoms with Gasteiger partial charge in [-0.15, -0.1) is 10.1 Å². The summed E-state index contributed by atoms with van der Waals surface area (Å²) < 4.78 is 5.19. The molecule has 0 saturated carbocycles. The van der Waals surface area contributed by atoms with Gasteiger partial charge in [-0.05, 0) is 18.2 Å². The quantitative estimate of drug-likeness (QED) is 0.529. The fraction of sp³-hybridized carbons (Fsp3) is 0.111. The lowest BCUT2D eigenvalue weighted by Crippen LogP contribution is -2.23. The van der Waals surface area contributed by atoms with Crippen LogP contribution in [0, 0.1) is 10.1 Å². The van der Waals surface area contributed by atoms with Crippen LogP contribution < -0.4 is 4.74 Å². The van der Waals surface area contributed by atoms with Crippen LogP contribution in [0.25, 0.3) is 6.08 Å². The molecule has 1 aromatic rings. The second kappa shape index (κ2) is 3.37. The topological polar surface area (TPSA) is 61.6 Å². The predicted molar refractivity (Wildman–Crippen MR) is 48.0 cm³/mol. The third-order valence-corrected chi connectivity index (χ3v) is 1.79. The zero-order valence-corrected chi connectivity index (χ0v) is 7.12. The van der Waals surface area contributed by atoms with E-state index in [1.54, 1.807) is 18.2 Å². The number of fused-ring (bicyclic) bond motifs is 1. The molecule has 0 bridgehead atoms. The molecule has 1 unspecified atom stereocenters. The molecular formula is C9H7NO4. The number of benzene rings is 1. The van der Waals surface area contributed by atoms with Crippen LogP contribution in [0.5, 0.6) is 5.75 Å². The van der Waals surface area contributed by atoms with Crippen LogP contribution in [0.3, 0.4) is 0 Å². The first-order valence-corrected chi connectivity index (χ1v) is 4.01. The SMILES string of the molecule is O=[N+]([O-])OC1C=Cc2ccccc2O1. The minimum Gasteiger partial charge on any atom is -0.460 e. The van der Waals surface area contributed by atoms with Gasteiger partial charge in [0.2, 0.25) is 0 Å². The van der Waals surface area contributed by atoms with E-state index in [0.29, 0.717) is 5.75 Å². The normalized spacial score (nSPS) is 18.1. The van der Waals surface area contributed by atoms with Crippen molar-refractivity contribution in [2.75, 3.05) is 0 Å². The third kappa shape index (κ3) is 1.66. The van der Waals surface area contributed by atoms with Crippen LogP contribution in [0.1, 0.15) is 5.56 Å². The Morgan fingerprint density at radius 3 is 3.00 bits per heavy atom. The molecule has 2 rings (SSSR count). The zero-order valence-electron chi connectivity index (χ0n) is 7.12. The Bertz CT molecular complexity index is 388. The van der Waals surface area contributed by atoms with Gasteiger partial charge in [-0.25, -0.2) is 0 Å². The summed E-state index contributed by atoms with van der Waals surface area (Å²) in [5, 5.41) is 9.18. The van der Waals surface area contributed by atoms with Crippen molar-refractivity contribution < 1.29 is 14.7 Å². The molecule has 5 heteroatoms. The van der Waals surface area contributed by atoms with E-state index in [-0.39, 0.29) is 0 Å². The average molecular weight is 193 g/mol. The first kappa shape index (κ1) is 8.55. The Morgan fingerprint density at radius 2 is 2.21 bits per heavy atom. The van der Waals surface area contributed by atoms with Gasteiger partial charge in [-0.2, -0.15) is 0 Å². The summed E-state index contributed by atoms with van der Waals surface area (Å²) >= 11 is 0. The minimum absolute atomic E-state index is 0.585. The summed E-state index contributed by atoms with van der Waals surface area (Å²) in [5.74, 6) is 0.585. The molecule has 0 fully saturated rings. The molecule has 0 amide bonds. The molecule has 0 spiro atoms. The van der Waals surface area contributed by atoms with E-state index in [1.165, 1.54) is 6.08 Å². The largest absolute Gasteiger partial charge is 0.460 e. The predicted octanol–water partition coefficient (Wildman–Crippen LogP) is 1.63. The lowest BCUT2D eigenvalue weighted by molar-refractivity contribution is -0.774. The van der Waals surface area contributed by atoms with E-state index in [1.807, 2.05) is 12.1 Å². The lowest BCUT2D eigenvalue weighted by Gasteiger charge is -2.18. The summed E-state index contributed by atoms with van der Waals surface area (Å²) in [4.78, 5) is 14.3. The fourth-order valence-electron chi connectivity index (χ4n) is 1.21. The number of hydrogen-bond acceptors (Lipinski definition) is 4. The molecule has 5 nitrogen and oxygen atoms in total. The summed E-state index contributed by atoms with van der Waals surface area (Å²) in [6, 6.07) is 7.24. The first-order valence-electron chi connectivity index (χ1n) is 4.01. The second-order valence-electron chi connectivity index (χ2n) is 2.71. The molecular weight excluding hydrogens is 186 g/mol. The van der Waals surface area contributed by atoms with E-state index < -0.39 is 11.4 Å². The highest BCUT2D eigenvalue weighted by Gasteiger charge is 2.16. The van der Waals surface area contributed by atoms with Crippen LogP contribution in [0.4, 0.5) is 0 Å². The van der Waals surface area contributed by atoms with Gasteiger partial charge in [0.05, 0.1) is 0 Å². The van der Waals surface area contributed by atoms with Gasteiger partial charge in [-0.1, -0.05) is 18.2 Å². The number of nitrogens with zero attached hydrogens (tertiary/aromatic N) is 1. The van der Waals surface area contributed by atoms with Crippen molar-refractivity contribution >= 4 is 6.08 Å². The maximum absolute atomic E-state index is 10.0. The lowest BCUT2D eigenvalue weighted by atomic mass is 10.1. The van der Waals surface area contributed by atoms with Crippen molar-refractivity contribution in [1.82, 2.24) is 0 Å². The van der Waals surface area contributed by atoms with Crippen molar-refractivity contribution in [3.63, 3.8) is 0 Å². The highest BCUT2D eigenvalue weighted by atomic mass is 17.0. The minimum atomic E-state index is -0.945. The van der Waals surface area contributed by atoms with E-state index in [9.17, 15) is 10.1 Å². The highest BCUT2D eigenvalue weighted by molar-refractivity contribution is 5.59. The van der Waals surface area contributed by atoms with Gasteiger partial charge in [0.15, 0.2) is 0 Å². The number of hydrogen-bond donors (Lipinski definition) is 0. The number of ether oxygens (including phenoxy) is 1. The number of rotatable bonds is 2. The van der Waals surface area contributed by atoms with Gasteiger partial charge in [0.1, 0.15) is 5.75 Å². The van der Waals surface area contributed by atoms with Crippen LogP contribution in [0.15, 0.2) is 30.3 Å². The molecule has 1 aliphatic heterocycles. The fourth-order valence-corrected chi connectivity index (χ4v) is 1.21.